The van der Waals surface area contributed by atoms with Crippen LogP contribution in [-0.4, -0.2) is 33.5 Å². The second-order valence-corrected chi connectivity index (χ2v) is 5.04. The molecule has 0 aliphatic carbocycles. The number of aliphatic hydroxyl groups is 1. The molecule has 0 unspecified atom stereocenters. The fraction of sp³-hybridized carbons (Fsp3) is 0.462. The summed E-state index contributed by atoms with van der Waals surface area (Å²) in [6, 6.07) is 4.91. The minimum atomic E-state index is -0.375. The van der Waals surface area contributed by atoms with Crippen molar-refractivity contribution < 1.29 is 14.6 Å². The molecule has 0 spiro atoms. The van der Waals surface area contributed by atoms with Gasteiger partial charge in [-0.2, -0.15) is 4.58 Å². The Bertz CT molecular complexity index is 547. The third-order valence-electron chi connectivity index (χ3n) is 3.79. The summed E-state index contributed by atoms with van der Waals surface area (Å²) < 4.78 is 2.03. The minimum Gasteiger partial charge on any atom is -0.390 e. The number of hydrogen-bond acceptors (Lipinski definition) is 3. The molecule has 0 atom stereocenters. The largest absolute Gasteiger partial charge is 0.390 e. The lowest BCUT2D eigenvalue weighted by Crippen LogP contribution is -2.27. The molecule has 0 saturated heterocycles. The number of benzene rings is 1. The van der Waals surface area contributed by atoms with Crippen molar-refractivity contribution in [1.29, 1.82) is 0 Å². The van der Waals surface area contributed by atoms with Crippen molar-refractivity contribution in [1.82, 2.24) is 0 Å². The molecule has 1 N–H and O–H groups in total. The van der Waals surface area contributed by atoms with Crippen LogP contribution in [0.5, 0.6) is 0 Å². The van der Waals surface area contributed by atoms with Gasteiger partial charge in [-0.05, 0) is 13.8 Å². The Balaban J connectivity index is 2.61. The maximum atomic E-state index is 10.8. The number of nitro groups is 1. The molecular weight excluding hydrogens is 232 g/mol. The third kappa shape index (κ3) is 1.71. The van der Waals surface area contributed by atoms with Crippen LogP contribution < -0.4 is 0 Å². The standard InChI is InChI=1S/C13H17N2O3/c1-9-13(2,3)11-8-10(15(17)18)4-5-12(11)14(9)6-7-16/h4-5,8,16H,6-7H2,1-3H3/q+1. The molecule has 1 aromatic carbocycles. The Kier molecular flexibility index (Phi) is 2.94. The summed E-state index contributed by atoms with van der Waals surface area (Å²) in [5.41, 5.74) is 2.88. The zero-order valence-corrected chi connectivity index (χ0v) is 10.8. The van der Waals surface area contributed by atoms with E-state index in [4.69, 9.17) is 5.11 Å². The van der Waals surface area contributed by atoms with E-state index in [9.17, 15) is 10.1 Å². The number of aliphatic hydroxyl groups excluding tert-OH is 1. The van der Waals surface area contributed by atoms with E-state index in [1.165, 1.54) is 6.07 Å². The van der Waals surface area contributed by atoms with Gasteiger partial charge in [-0.25, -0.2) is 0 Å². The average molecular weight is 249 g/mol. The van der Waals surface area contributed by atoms with Crippen LogP contribution in [0.2, 0.25) is 0 Å². The van der Waals surface area contributed by atoms with Crippen molar-refractivity contribution in [2.45, 2.75) is 26.2 Å². The Morgan fingerprint density at radius 2 is 2.11 bits per heavy atom. The molecule has 2 rings (SSSR count). The first kappa shape index (κ1) is 12.7. The highest BCUT2D eigenvalue weighted by Gasteiger charge is 2.43. The van der Waals surface area contributed by atoms with E-state index < -0.39 is 0 Å². The van der Waals surface area contributed by atoms with Gasteiger partial charge >= 0.3 is 0 Å². The molecule has 1 aromatic rings. The second kappa shape index (κ2) is 4.17. The summed E-state index contributed by atoms with van der Waals surface area (Å²) >= 11 is 0. The lowest BCUT2D eigenvalue weighted by Gasteiger charge is -2.14. The van der Waals surface area contributed by atoms with Crippen LogP contribution in [0.3, 0.4) is 0 Å². The number of hydrogen-bond donors (Lipinski definition) is 1. The molecule has 0 fully saturated rings. The molecule has 1 aliphatic rings. The summed E-state index contributed by atoms with van der Waals surface area (Å²) in [6.07, 6.45) is 0. The van der Waals surface area contributed by atoms with E-state index >= 15 is 0 Å². The highest BCUT2D eigenvalue weighted by molar-refractivity contribution is 5.93. The lowest BCUT2D eigenvalue weighted by molar-refractivity contribution is -0.442. The van der Waals surface area contributed by atoms with E-state index in [0.29, 0.717) is 6.54 Å². The van der Waals surface area contributed by atoms with Crippen molar-refractivity contribution in [2.75, 3.05) is 13.2 Å². The van der Waals surface area contributed by atoms with Crippen LogP contribution in [0.15, 0.2) is 18.2 Å². The van der Waals surface area contributed by atoms with Crippen molar-refractivity contribution in [3.8, 4) is 0 Å². The van der Waals surface area contributed by atoms with Crippen molar-refractivity contribution in [3.05, 3.63) is 33.9 Å². The van der Waals surface area contributed by atoms with Gasteiger partial charge in [0.15, 0.2) is 12.3 Å². The Labute approximate surface area is 106 Å². The normalized spacial score (nSPS) is 16.9. The molecule has 5 heteroatoms. The van der Waals surface area contributed by atoms with E-state index in [-0.39, 0.29) is 22.6 Å². The zero-order chi connectivity index (χ0) is 13.5. The summed E-state index contributed by atoms with van der Waals surface area (Å²) in [6.45, 7) is 6.66. The molecule has 1 heterocycles. The molecule has 0 bridgehead atoms. The zero-order valence-electron chi connectivity index (χ0n) is 10.8. The van der Waals surface area contributed by atoms with Crippen LogP contribution in [0.25, 0.3) is 0 Å². The number of rotatable bonds is 3. The highest BCUT2D eigenvalue weighted by Crippen LogP contribution is 2.40. The maximum absolute atomic E-state index is 10.8. The van der Waals surface area contributed by atoms with E-state index in [1.807, 2.05) is 25.3 Å². The van der Waals surface area contributed by atoms with Gasteiger partial charge in [0.1, 0.15) is 6.61 Å². The summed E-state index contributed by atoms with van der Waals surface area (Å²) in [4.78, 5) is 10.5. The quantitative estimate of drug-likeness (QED) is 0.506. The van der Waals surface area contributed by atoms with Gasteiger partial charge < -0.3 is 5.11 Å². The van der Waals surface area contributed by atoms with Gasteiger partial charge in [0.2, 0.25) is 5.69 Å². The van der Waals surface area contributed by atoms with Gasteiger partial charge in [0.05, 0.1) is 10.3 Å². The van der Waals surface area contributed by atoms with Crippen LogP contribution in [0.4, 0.5) is 11.4 Å². The Morgan fingerprint density at radius 1 is 1.44 bits per heavy atom. The number of β-amino-alcohol motifs (C(OH)–C–C–N with tert-alkyl or cyclic N) is 1. The Morgan fingerprint density at radius 3 is 2.67 bits per heavy atom. The van der Waals surface area contributed by atoms with E-state index in [1.54, 1.807) is 12.1 Å². The summed E-state index contributed by atoms with van der Waals surface area (Å²) in [7, 11) is 0. The molecule has 1 aliphatic heterocycles. The van der Waals surface area contributed by atoms with Gasteiger partial charge in [-0.3, -0.25) is 10.1 Å². The first-order chi connectivity index (χ1) is 8.39. The van der Waals surface area contributed by atoms with E-state index in [2.05, 4.69) is 0 Å². The van der Waals surface area contributed by atoms with Crippen molar-refractivity contribution in [3.63, 3.8) is 0 Å². The fourth-order valence-electron chi connectivity index (χ4n) is 2.47. The van der Waals surface area contributed by atoms with Crippen LogP contribution in [0, 0.1) is 10.1 Å². The molecule has 0 radical (unpaired) electrons. The van der Waals surface area contributed by atoms with E-state index in [0.717, 1.165) is 17.0 Å². The SMILES string of the molecule is CC1=[N+](CCO)c2ccc([N+](=O)[O-])cc2C1(C)C. The molecule has 96 valence electrons. The maximum Gasteiger partial charge on any atom is 0.270 e. The van der Waals surface area contributed by atoms with Crippen LogP contribution in [-0.2, 0) is 5.41 Å². The lowest BCUT2D eigenvalue weighted by atomic mass is 9.82. The molecule has 0 aromatic heterocycles. The monoisotopic (exact) mass is 249 g/mol. The fourth-order valence-corrected chi connectivity index (χ4v) is 2.47. The third-order valence-corrected chi connectivity index (χ3v) is 3.79. The molecular formula is C13H17N2O3+. The predicted octanol–water partition coefficient (Wildman–Crippen LogP) is 1.98. The van der Waals surface area contributed by atoms with Crippen molar-refractivity contribution in [2.24, 2.45) is 0 Å². The summed E-state index contributed by atoms with van der Waals surface area (Å²) in [5, 5.41) is 20.0. The van der Waals surface area contributed by atoms with Gasteiger partial charge in [0.25, 0.3) is 5.69 Å². The summed E-state index contributed by atoms with van der Waals surface area (Å²) in [5.74, 6) is 0. The first-order valence-electron chi connectivity index (χ1n) is 5.91. The molecule has 18 heavy (non-hydrogen) atoms. The molecule has 0 saturated carbocycles. The number of fused-ring (bicyclic) bond motifs is 1. The second-order valence-electron chi connectivity index (χ2n) is 5.04. The highest BCUT2D eigenvalue weighted by atomic mass is 16.6. The average Bonchev–Trinajstić information content (AvgIpc) is 2.51. The van der Waals surface area contributed by atoms with Gasteiger partial charge in [0, 0.05) is 30.7 Å². The predicted molar refractivity (Wildman–Crippen MR) is 68.7 cm³/mol. The topological polar surface area (TPSA) is 66.4 Å². The number of nitrogens with zero attached hydrogens (tertiary/aromatic N) is 2. The van der Waals surface area contributed by atoms with Gasteiger partial charge in [-0.15, -0.1) is 0 Å². The minimum absolute atomic E-state index is 0.0594. The van der Waals surface area contributed by atoms with Crippen LogP contribution >= 0.6 is 0 Å². The molecule has 0 amide bonds. The van der Waals surface area contributed by atoms with Crippen LogP contribution in [0.1, 0.15) is 26.3 Å². The first-order valence-corrected chi connectivity index (χ1v) is 5.91. The number of non-ortho nitro benzene ring substituents is 1. The number of nitro benzene ring substituents is 1. The molecule has 5 nitrogen and oxygen atoms in total. The van der Waals surface area contributed by atoms with Gasteiger partial charge in [-0.1, -0.05) is 0 Å². The smallest absolute Gasteiger partial charge is 0.270 e. The Hall–Kier alpha value is -1.75. The van der Waals surface area contributed by atoms with Crippen molar-refractivity contribution >= 4 is 17.1 Å².